The SMILES string of the molecule is C[C@@H]1CCC[N+]1(C(=O)O)C(=O)c1cc2cc3c(cc2c2cc(O)ccc12)OCO3. The molecule has 5 rings (SSSR count). The number of benzene rings is 3. The number of rotatable bonds is 1. The Morgan fingerprint density at radius 1 is 1.03 bits per heavy atom. The van der Waals surface area contributed by atoms with Crippen molar-refractivity contribution in [1.29, 1.82) is 0 Å². The standard InChI is InChI=1S/C22H19NO6/c1-12-3-2-6-23(12,22(26)27)21(25)18-7-13-8-19-20(29-11-28-19)10-16(13)17-9-14(24)4-5-15(17)18/h4-5,7-10,12H,2-3,6,11H2,1H3,(H-,24,26,27)/p+1/t12-,23?/m1/s1. The van der Waals surface area contributed by atoms with Crippen molar-refractivity contribution >= 4 is 33.5 Å². The average Bonchev–Trinajstić information content (AvgIpc) is 3.31. The maximum atomic E-state index is 13.7. The van der Waals surface area contributed by atoms with Crippen LogP contribution in [0.1, 0.15) is 30.1 Å². The van der Waals surface area contributed by atoms with E-state index in [0.29, 0.717) is 40.7 Å². The third-order valence-corrected chi connectivity index (χ3v) is 6.25. The molecule has 1 unspecified atom stereocenters. The highest BCUT2D eigenvalue weighted by Gasteiger charge is 2.53. The van der Waals surface area contributed by atoms with Crippen LogP contribution in [0.5, 0.6) is 17.2 Å². The van der Waals surface area contributed by atoms with E-state index < -0.39 is 16.5 Å². The van der Waals surface area contributed by atoms with Gasteiger partial charge in [0, 0.05) is 12.8 Å². The van der Waals surface area contributed by atoms with Gasteiger partial charge in [0.2, 0.25) is 6.79 Å². The van der Waals surface area contributed by atoms with Gasteiger partial charge in [0.05, 0.1) is 12.1 Å². The summed E-state index contributed by atoms with van der Waals surface area (Å²) in [6, 6.07) is 9.81. The summed E-state index contributed by atoms with van der Waals surface area (Å²) in [6.07, 6.45) is 0.241. The quantitative estimate of drug-likeness (QED) is 0.474. The molecule has 0 radical (unpaired) electrons. The number of carbonyl (C=O) groups is 2. The van der Waals surface area contributed by atoms with Gasteiger partial charge in [0.15, 0.2) is 11.5 Å². The second-order valence-electron chi connectivity index (χ2n) is 7.75. The number of hydrogen-bond acceptors (Lipinski definition) is 5. The zero-order valence-electron chi connectivity index (χ0n) is 15.8. The zero-order valence-corrected chi connectivity index (χ0v) is 15.8. The van der Waals surface area contributed by atoms with E-state index in [2.05, 4.69) is 0 Å². The highest BCUT2D eigenvalue weighted by molar-refractivity contribution is 6.17. The Kier molecular flexibility index (Phi) is 3.73. The van der Waals surface area contributed by atoms with E-state index in [1.54, 1.807) is 24.3 Å². The topological polar surface area (TPSA) is 93.1 Å². The summed E-state index contributed by atoms with van der Waals surface area (Å²) < 4.78 is 10.3. The lowest BCUT2D eigenvalue weighted by Crippen LogP contribution is -2.58. The molecule has 2 atom stereocenters. The molecule has 7 heteroatoms. The number of nitrogens with zero attached hydrogens (tertiary/aromatic N) is 1. The van der Waals surface area contributed by atoms with Gasteiger partial charge < -0.3 is 19.7 Å². The molecular formula is C22H20NO6+. The smallest absolute Gasteiger partial charge is 0.508 e. The average molecular weight is 394 g/mol. The highest BCUT2D eigenvalue weighted by Crippen LogP contribution is 2.41. The summed E-state index contributed by atoms with van der Waals surface area (Å²) in [5.74, 6) is 0.811. The number of ether oxygens (including phenoxy) is 2. The number of amides is 2. The van der Waals surface area contributed by atoms with Crippen LogP contribution >= 0.6 is 0 Å². The van der Waals surface area contributed by atoms with Crippen LogP contribution in [0.4, 0.5) is 4.79 Å². The summed E-state index contributed by atoms with van der Waals surface area (Å²) in [6.45, 7) is 2.21. The van der Waals surface area contributed by atoms with E-state index in [1.165, 1.54) is 6.07 Å². The molecule has 2 heterocycles. The molecule has 3 aromatic rings. The number of carbonyl (C=O) groups excluding carboxylic acids is 1. The molecular weight excluding hydrogens is 374 g/mol. The molecule has 7 nitrogen and oxygen atoms in total. The molecule has 148 valence electrons. The largest absolute Gasteiger partial charge is 0.521 e. The Labute approximate surface area is 166 Å². The predicted molar refractivity (Wildman–Crippen MR) is 105 cm³/mol. The predicted octanol–water partition coefficient (Wildman–Crippen LogP) is 4.24. The molecule has 29 heavy (non-hydrogen) atoms. The van der Waals surface area contributed by atoms with Crippen molar-refractivity contribution in [2.24, 2.45) is 0 Å². The lowest BCUT2D eigenvalue weighted by Gasteiger charge is -2.30. The Balaban J connectivity index is 1.82. The van der Waals surface area contributed by atoms with Gasteiger partial charge in [-0.1, -0.05) is 0 Å². The lowest BCUT2D eigenvalue weighted by molar-refractivity contribution is -0.785. The van der Waals surface area contributed by atoms with Crippen molar-refractivity contribution in [2.45, 2.75) is 25.8 Å². The van der Waals surface area contributed by atoms with Crippen molar-refractivity contribution in [3.8, 4) is 17.2 Å². The first-order valence-electron chi connectivity index (χ1n) is 9.57. The number of phenolic OH excluding ortho intramolecular Hbond substituents is 1. The Hall–Kier alpha value is -3.32. The number of likely N-dealkylation sites (tertiary alicyclic amines) is 1. The monoisotopic (exact) mass is 394 g/mol. The van der Waals surface area contributed by atoms with Crippen molar-refractivity contribution < 1.29 is 33.8 Å². The van der Waals surface area contributed by atoms with Gasteiger partial charge in [-0.15, -0.1) is 0 Å². The normalized spacial score (nSPS) is 23.0. The van der Waals surface area contributed by atoms with Gasteiger partial charge in [0.25, 0.3) is 0 Å². The number of aromatic hydroxyl groups is 1. The van der Waals surface area contributed by atoms with Crippen LogP contribution in [-0.2, 0) is 0 Å². The van der Waals surface area contributed by atoms with Gasteiger partial charge in [-0.25, -0.2) is 4.79 Å². The third-order valence-electron chi connectivity index (χ3n) is 6.25. The van der Waals surface area contributed by atoms with Crippen molar-refractivity contribution in [3.05, 3.63) is 42.0 Å². The van der Waals surface area contributed by atoms with Gasteiger partial charge in [-0.3, -0.25) is 0 Å². The summed E-state index contributed by atoms with van der Waals surface area (Å²) in [4.78, 5) is 25.9. The van der Waals surface area contributed by atoms with Crippen molar-refractivity contribution in [1.82, 2.24) is 0 Å². The van der Waals surface area contributed by atoms with Crippen LogP contribution in [0.2, 0.25) is 0 Å². The highest BCUT2D eigenvalue weighted by atomic mass is 16.7. The van der Waals surface area contributed by atoms with E-state index in [4.69, 9.17) is 9.47 Å². The summed E-state index contributed by atoms with van der Waals surface area (Å²) in [5.41, 5.74) is 0.336. The number of hydrogen-bond donors (Lipinski definition) is 2. The van der Waals surface area contributed by atoms with E-state index in [1.807, 2.05) is 13.0 Å². The fraction of sp³-hybridized carbons (Fsp3) is 0.273. The first-order valence-corrected chi connectivity index (χ1v) is 9.57. The van der Waals surface area contributed by atoms with Gasteiger partial charge in [-0.2, -0.15) is 9.28 Å². The number of imide groups is 1. The molecule has 2 N–H and O–H groups in total. The molecule has 1 saturated heterocycles. The van der Waals surface area contributed by atoms with E-state index >= 15 is 0 Å². The Bertz CT molecular complexity index is 1200. The van der Waals surface area contributed by atoms with E-state index in [9.17, 15) is 19.8 Å². The van der Waals surface area contributed by atoms with E-state index in [-0.39, 0.29) is 25.1 Å². The summed E-state index contributed by atoms with van der Waals surface area (Å²) in [5, 5.41) is 22.9. The third kappa shape index (κ3) is 2.40. The molecule has 3 aromatic carbocycles. The van der Waals surface area contributed by atoms with Gasteiger partial charge in [0.1, 0.15) is 11.8 Å². The maximum absolute atomic E-state index is 13.7. The first-order chi connectivity index (χ1) is 13.9. The Morgan fingerprint density at radius 2 is 1.79 bits per heavy atom. The number of quaternary nitrogens is 1. The minimum absolute atomic E-state index is 0.0673. The summed E-state index contributed by atoms with van der Waals surface area (Å²) in [7, 11) is 0. The van der Waals surface area contributed by atoms with Crippen LogP contribution in [-0.4, -0.2) is 46.1 Å². The fourth-order valence-electron chi connectivity index (χ4n) is 4.68. The van der Waals surface area contributed by atoms with Crippen LogP contribution in [0.25, 0.3) is 21.5 Å². The molecule has 0 bridgehead atoms. The minimum Gasteiger partial charge on any atom is -0.508 e. The molecule has 0 aliphatic carbocycles. The Morgan fingerprint density at radius 3 is 2.48 bits per heavy atom. The number of fused-ring (bicyclic) bond motifs is 4. The molecule has 0 saturated carbocycles. The fourth-order valence-corrected chi connectivity index (χ4v) is 4.68. The minimum atomic E-state index is -1.13. The zero-order chi connectivity index (χ0) is 20.3. The number of carboxylic acid groups (broad SMARTS) is 1. The summed E-state index contributed by atoms with van der Waals surface area (Å²) >= 11 is 0. The second kappa shape index (κ2) is 6.09. The molecule has 2 aliphatic rings. The second-order valence-corrected chi connectivity index (χ2v) is 7.75. The lowest BCUT2D eigenvalue weighted by atomic mass is 9.95. The van der Waals surface area contributed by atoms with Crippen molar-refractivity contribution in [3.63, 3.8) is 0 Å². The maximum Gasteiger partial charge on any atom is 0.521 e. The van der Waals surface area contributed by atoms with Gasteiger partial charge >= 0.3 is 12.0 Å². The number of phenols is 1. The van der Waals surface area contributed by atoms with Crippen LogP contribution in [0.3, 0.4) is 0 Å². The first kappa shape index (κ1) is 17.8. The molecule has 1 fully saturated rings. The van der Waals surface area contributed by atoms with Crippen molar-refractivity contribution in [2.75, 3.05) is 13.3 Å². The van der Waals surface area contributed by atoms with Crippen LogP contribution in [0, 0.1) is 0 Å². The molecule has 0 aromatic heterocycles. The van der Waals surface area contributed by atoms with E-state index in [0.717, 1.165) is 10.8 Å². The molecule has 2 aliphatic heterocycles. The molecule has 2 amide bonds. The van der Waals surface area contributed by atoms with Crippen LogP contribution in [0.15, 0.2) is 36.4 Å². The van der Waals surface area contributed by atoms with Crippen LogP contribution < -0.4 is 9.47 Å². The molecule has 0 spiro atoms. The van der Waals surface area contributed by atoms with Gasteiger partial charge in [-0.05, 0) is 64.9 Å².